The molecular formula is C120H71N8O4+. The lowest BCUT2D eigenvalue weighted by molar-refractivity contribution is -0.658. The van der Waals surface area contributed by atoms with Gasteiger partial charge in [0.1, 0.15) is 50.4 Å². The second-order valence-corrected chi connectivity index (χ2v) is 34.0. The Kier molecular flexibility index (Phi) is 16.8. The van der Waals surface area contributed by atoms with Crippen LogP contribution in [0.2, 0.25) is 0 Å². The van der Waals surface area contributed by atoms with Crippen molar-refractivity contribution in [3.63, 3.8) is 0 Å². The van der Waals surface area contributed by atoms with Gasteiger partial charge >= 0.3 is 0 Å². The summed E-state index contributed by atoms with van der Waals surface area (Å²) in [5.74, 6) is 2.59. The molecular weight excluding hydrogens is 1620 g/mol. The molecule has 8 aromatic heterocycles. The van der Waals surface area contributed by atoms with Crippen molar-refractivity contribution in [3.05, 3.63) is 431 Å². The monoisotopic (exact) mass is 1690 g/mol. The van der Waals surface area contributed by atoms with Crippen LogP contribution in [0.15, 0.2) is 449 Å². The number of hydrogen-bond acceptors (Lipinski definition) is 9. The highest BCUT2D eigenvalue weighted by atomic mass is 16.3. The van der Waals surface area contributed by atoms with E-state index in [-0.39, 0.29) is 0 Å². The Hall–Kier alpha value is -18.0. The number of nitrogens with zero attached hydrogens (tertiary/aromatic N) is 8. The van der Waals surface area contributed by atoms with E-state index in [1.54, 1.807) is 0 Å². The minimum atomic E-state index is 0.638. The van der Waals surface area contributed by atoms with Crippen LogP contribution in [0.25, 0.3) is 271 Å². The molecule has 0 aliphatic carbocycles. The number of hydrogen-bond donors (Lipinski definition) is 0. The predicted octanol–water partition coefficient (Wildman–Crippen LogP) is 31.2. The molecule has 0 bridgehead atoms. The largest absolute Gasteiger partial charge is 0.456 e. The smallest absolute Gasteiger partial charge is 0.238 e. The maximum Gasteiger partial charge on any atom is 0.238 e. The third kappa shape index (κ3) is 12.3. The first-order chi connectivity index (χ1) is 65.3. The van der Waals surface area contributed by atoms with Gasteiger partial charge in [-0.3, -0.25) is 0 Å². The Morgan fingerprint density at radius 3 is 0.992 bits per heavy atom. The third-order valence-electron chi connectivity index (χ3n) is 26.4. The quantitative estimate of drug-likeness (QED) is 0.0917. The second-order valence-electron chi connectivity index (χ2n) is 34.0. The van der Waals surface area contributed by atoms with Crippen molar-refractivity contribution in [1.82, 2.24) is 34.2 Å². The van der Waals surface area contributed by atoms with Gasteiger partial charge in [0.2, 0.25) is 17.7 Å². The SMILES string of the molecule is c1ccc(-c2c[n+](-c3ccccc3)nc(-c3ccc4c5ccccc5c5ccc(-n6c7ccccc7c7cc(-c8ccc9oc%10cc%11c(cc%10c9c8)oc8ccccc8%11)ccc76)cc5c4c3)n2)cc1.c1ccc(-c2nc(-c3ccccc3)nc(-c3ccc(-c4ccc(-n5c6ccccc6c6cc(-c7ccc8oc9cc%10c(cc9c8c7)oc7ccccc7%10)ccc65)cc4)cc3)n2)cc1. The van der Waals surface area contributed by atoms with E-state index in [9.17, 15) is 0 Å². The van der Waals surface area contributed by atoms with Crippen LogP contribution >= 0.6 is 0 Å². The van der Waals surface area contributed by atoms with Crippen molar-refractivity contribution in [2.24, 2.45) is 0 Å². The van der Waals surface area contributed by atoms with Gasteiger partial charge in [-0.25, -0.2) is 19.9 Å². The van der Waals surface area contributed by atoms with Crippen molar-refractivity contribution in [2.45, 2.75) is 0 Å². The molecule has 0 N–H and O–H groups in total. The highest BCUT2D eigenvalue weighted by Gasteiger charge is 2.25. The molecule has 0 saturated carbocycles. The fourth-order valence-corrected chi connectivity index (χ4v) is 20.0. The van der Waals surface area contributed by atoms with Gasteiger partial charge < -0.3 is 26.8 Å². The number of fused-ring (bicyclic) bond motifs is 24. The lowest BCUT2D eigenvalue weighted by Crippen LogP contribution is -2.36. The summed E-state index contributed by atoms with van der Waals surface area (Å²) in [6.07, 6.45) is 2.01. The fourth-order valence-electron chi connectivity index (χ4n) is 20.0. The Labute approximate surface area is 753 Å². The fraction of sp³-hybridized carbons (Fsp3) is 0. The number of rotatable bonds is 11. The van der Waals surface area contributed by atoms with E-state index in [1.807, 2.05) is 144 Å². The Bertz CT molecular complexity index is 9480. The molecule has 132 heavy (non-hydrogen) atoms. The zero-order valence-corrected chi connectivity index (χ0v) is 70.7. The van der Waals surface area contributed by atoms with Crippen molar-refractivity contribution in [2.75, 3.05) is 0 Å². The number of para-hydroxylation sites is 5. The van der Waals surface area contributed by atoms with Crippen LogP contribution in [-0.4, -0.2) is 34.2 Å². The maximum absolute atomic E-state index is 6.45. The van der Waals surface area contributed by atoms with E-state index >= 15 is 0 Å². The molecule has 12 heteroatoms. The molecule has 20 aromatic carbocycles. The average molecular weight is 1690 g/mol. The van der Waals surface area contributed by atoms with Gasteiger partial charge in [0, 0.05) is 121 Å². The zero-order valence-electron chi connectivity index (χ0n) is 70.7. The van der Waals surface area contributed by atoms with Gasteiger partial charge in [0.05, 0.1) is 22.1 Å². The van der Waals surface area contributed by atoms with Crippen LogP contribution in [-0.2, 0) is 0 Å². The van der Waals surface area contributed by atoms with Gasteiger partial charge in [-0.05, 0) is 198 Å². The van der Waals surface area contributed by atoms with Gasteiger partial charge in [0.25, 0.3) is 0 Å². The van der Waals surface area contributed by atoms with E-state index in [4.69, 9.17) is 42.7 Å². The van der Waals surface area contributed by atoms with E-state index in [0.29, 0.717) is 23.3 Å². The molecule has 8 heterocycles. The van der Waals surface area contributed by atoms with Crippen LogP contribution in [0.4, 0.5) is 0 Å². The van der Waals surface area contributed by atoms with Gasteiger partial charge in [-0.2, -0.15) is 0 Å². The summed E-state index contributed by atoms with van der Waals surface area (Å²) in [5.41, 5.74) is 27.1. The zero-order chi connectivity index (χ0) is 86.6. The van der Waals surface area contributed by atoms with Gasteiger partial charge in [-0.1, -0.05) is 285 Å². The maximum atomic E-state index is 6.45. The molecule has 0 spiro atoms. The van der Waals surface area contributed by atoms with E-state index in [1.165, 1.54) is 48.5 Å². The standard InChI is InChI=1S/C63H37N4O2.C57H34N4O2/c1-3-13-38(14-4-1)56-37-66(42-15-5-2-6-16-42)65-63(64-56)41-23-27-46-44-17-7-8-18-45(44)47-28-26-43(34-51(47)50(46)33-41)67-57-21-11-9-19-48(57)52-31-39(24-29-58(52)67)40-25-30-60-53(32-40)55-36-61-54(35-62(55)69-60)49-20-10-12-22-59(49)68-61;1-3-11-37(12-4-1)55-58-56(38-13-5-2-6-14-38)60-57(59-55)39-21-19-35(20-22-39)36-23-27-42(28-24-36)61-49-17-9-7-15-43(49)45-31-40(25-29-50(45)61)41-26-30-52-46(32-41)48-34-53-47(33-54(48)63-52)44-16-8-10-18-51(44)62-53/h1-37H;1-34H/q+1;. The van der Waals surface area contributed by atoms with Crippen LogP contribution in [0, 0.1) is 0 Å². The summed E-state index contributed by atoms with van der Waals surface area (Å²) >= 11 is 0. The van der Waals surface area contributed by atoms with Gasteiger partial charge in [-0.15, -0.1) is 0 Å². The Balaban J connectivity index is 0.000000136. The summed E-state index contributed by atoms with van der Waals surface area (Å²) in [4.78, 5) is 19.9. The summed E-state index contributed by atoms with van der Waals surface area (Å²) in [7, 11) is 0. The summed E-state index contributed by atoms with van der Waals surface area (Å²) < 4.78 is 32.1. The molecule has 0 amide bonds. The lowest BCUT2D eigenvalue weighted by Gasteiger charge is -2.14. The first kappa shape index (κ1) is 74.3. The van der Waals surface area contributed by atoms with Crippen LogP contribution in [0.5, 0.6) is 0 Å². The van der Waals surface area contributed by atoms with Crippen LogP contribution in [0.3, 0.4) is 0 Å². The molecule has 0 aliphatic rings. The first-order valence-corrected chi connectivity index (χ1v) is 44.4. The topological polar surface area (TPSA) is 131 Å². The highest BCUT2D eigenvalue weighted by molar-refractivity contribution is 6.27. The average Bonchev–Trinajstić information content (AvgIpc) is 1.08. The second kappa shape index (κ2) is 29.8. The lowest BCUT2D eigenvalue weighted by atomic mass is 9.93. The molecule has 0 radical (unpaired) electrons. The Morgan fingerprint density at radius 1 is 0.174 bits per heavy atom. The van der Waals surface area contributed by atoms with Crippen molar-refractivity contribution < 1.29 is 22.4 Å². The van der Waals surface area contributed by atoms with Crippen molar-refractivity contribution in [3.8, 4) is 107 Å². The highest BCUT2D eigenvalue weighted by Crippen LogP contribution is 2.46. The van der Waals surface area contributed by atoms with E-state index in [0.717, 1.165) is 199 Å². The number of aromatic nitrogens is 8. The number of benzene rings is 20. The molecule has 12 nitrogen and oxygen atoms in total. The van der Waals surface area contributed by atoms with Crippen LogP contribution in [0.1, 0.15) is 0 Å². The number of furan rings is 4. The van der Waals surface area contributed by atoms with E-state index < -0.39 is 0 Å². The molecule has 0 atom stereocenters. The molecule has 28 rings (SSSR count). The normalized spacial score (nSPS) is 11.9. The Morgan fingerprint density at radius 2 is 0.492 bits per heavy atom. The first-order valence-electron chi connectivity index (χ1n) is 44.4. The molecule has 0 aliphatic heterocycles. The predicted molar refractivity (Wildman–Crippen MR) is 537 cm³/mol. The van der Waals surface area contributed by atoms with Crippen LogP contribution < -0.4 is 4.68 Å². The van der Waals surface area contributed by atoms with Gasteiger partial charge in [0.15, 0.2) is 17.5 Å². The summed E-state index contributed by atoms with van der Waals surface area (Å²) in [6, 6.07) is 149. The molecule has 0 unspecified atom stereocenters. The minimum Gasteiger partial charge on any atom is -0.456 e. The van der Waals surface area contributed by atoms with E-state index in [2.05, 4.69) is 300 Å². The van der Waals surface area contributed by atoms with Crippen molar-refractivity contribution >= 4 is 164 Å². The summed E-state index contributed by atoms with van der Waals surface area (Å²) in [6.45, 7) is 0. The third-order valence-corrected chi connectivity index (χ3v) is 26.4. The molecule has 0 fully saturated rings. The molecule has 614 valence electrons. The molecule has 28 aromatic rings. The minimum absolute atomic E-state index is 0.638. The summed E-state index contributed by atoms with van der Waals surface area (Å²) in [5, 5.41) is 25.6. The molecule has 0 saturated heterocycles. The van der Waals surface area contributed by atoms with Crippen molar-refractivity contribution in [1.29, 1.82) is 0 Å².